The van der Waals surface area contributed by atoms with E-state index in [2.05, 4.69) is 49.4 Å². The van der Waals surface area contributed by atoms with E-state index in [0.29, 0.717) is 0 Å². The number of aryl methyl sites for hydroxylation is 1. The highest BCUT2D eigenvalue weighted by molar-refractivity contribution is 5.95. The SMILES string of the molecule is Cc1cc(-c2nccc3cc(C4CCCC4)ccc23)cc(C2CC3CCC2C3)c1. The third kappa shape index (κ3) is 3.10. The average molecular weight is 382 g/mol. The van der Waals surface area contributed by atoms with Gasteiger partial charge >= 0.3 is 0 Å². The van der Waals surface area contributed by atoms with Crippen molar-refractivity contribution in [1.82, 2.24) is 4.98 Å². The van der Waals surface area contributed by atoms with Gasteiger partial charge in [-0.2, -0.15) is 0 Å². The highest BCUT2D eigenvalue weighted by Gasteiger charge is 2.40. The first kappa shape index (κ1) is 17.7. The molecule has 2 aromatic carbocycles. The molecular weight excluding hydrogens is 350 g/mol. The molecule has 2 bridgehead atoms. The molecule has 1 nitrogen and oxygen atoms in total. The minimum absolute atomic E-state index is 0.763. The fourth-order valence-corrected chi connectivity index (χ4v) is 6.76. The third-order valence-corrected chi connectivity index (χ3v) is 8.15. The molecule has 0 radical (unpaired) electrons. The monoisotopic (exact) mass is 381 g/mol. The maximum Gasteiger partial charge on any atom is 0.0780 e. The number of pyridine rings is 1. The summed E-state index contributed by atoms with van der Waals surface area (Å²) >= 11 is 0. The molecule has 6 rings (SSSR count). The number of hydrogen-bond donors (Lipinski definition) is 0. The van der Waals surface area contributed by atoms with Gasteiger partial charge in [0.25, 0.3) is 0 Å². The maximum atomic E-state index is 4.86. The van der Waals surface area contributed by atoms with Crippen LogP contribution in [0.5, 0.6) is 0 Å². The van der Waals surface area contributed by atoms with Crippen molar-refractivity contribution in [3.05, 3.63) is 65.4 Å². The van der Waals surface area contributed by atoms with Gasteiger partial charge in [-0.05, 0) is 97.4 Å². The lowest BCUT2D eigenvalue weighted by Gasteiger charge is -2.23. The topological polar surface area (TPSA) is 12.9 Å². The van der Waals surface area contributed by atoms with Crippen LogP contribution in [0.3, 0.4) is 0 Å². The molecule has 148 valence electrons. The van der Waals surface area contributed by atoms with Crippen LogP contribution in [0.1, 0.15) is 79.9 Å². The molecule has 3 atom stereocenters. The largest absolute Gasteiger partial charge is 0.256 e. The maximum absolute atomic E-state index is 4.86. The summed E-state index contributed by atoms with van der Waals surface area (Å²) in [7, 11) is 0. The Morgan fingerprint density at radius 1 is 0.828 bits per heavy atom. The predicted octanol–water partition coefficient (Wildman–Crippen LogP) is 7.77. The summed E-state index contributed by atoms with van der Waals surface area (Å²) in [6.45, 7) is 2.25. The lowest BCUT2D eigenvalue weighted by atomic mass is 9.82. The predicted molar refractivity (Wildman–Crippen MR) is 121 cm³/mol. The van der Waals surface area contributed by atoms with Gasteiger partial charge in [0, 0.05) is 17.1 Å². The first-order chi connectivity index (χ1) is 14.2. The van der Waals surface area contributed by atoms with Crippen LogP contribution >= 0.6 is 0 Å². The fourth-order valence-electron chi connectivity index (χ4n) is 6.76. The van der Waals surface area contributed by atoms with Crippen LogP contribution in [0.4, 0.5) is 0 Å². The zero-order valence-corrected chi connectivity index (χ0v) is 17.5. The quantitative estimate of drug-likeness (QED) is 0.451. The summed E-state index contributed by atoms with van der Waals surface area (Å²) in [5, 5.41) is 2.65. The van der Waals surface area contributed by atoms with Crippen molar-refractivity contribution in [2.45, 2.75) is 70.1 Å². The number of benzene rings is 2. The molecule has 3 saturated carbocycles. The highest BCUT2D eigenvalue weighted by atomic mass is 14.7. The van der Waals surface area contributed by atoms with Crippen LogP contribution in [-0.4, -0.2) is 4.98 Å². The molecular formula is C28H31N. The van der Waals surface area contributed by atoms with Gasteiger partial charge < -0.3 is 0 Å². The van der Waals surface area contributed by atoms with Gasteiger partial charge in [0.1, 0.15) is 0 Å². The lowest BCUT2D eigenvalue weighted by molar-refractivity contribution is 0.420. The molecule has 3 unspecified atom stereocenters. The van der Waals surface area contributed by atoms with E-state index < -0.39 is 0 Å². The molecule has 1 aromatic heterocycles. The molecule has 29 heavy (non-hydrogen) atoms. The van der Waals surface area contributed by atoms with Crippen molar-refractivity contribution in [2.24, 2.45) is 11.8 Å². The van der Waals surface area contributed by atoms with Gasteiger partial charge in [-0.3, -0.25) is 4.98 Å². The Morgan fingerprint density at radius 2 is 1.72 bits per heavy atom. The van der Waals surface area contributed by atoms with E-state index in [0.717, 1.165) is 29.4 Å². The highest BCUT2D eigenvalue weighted by Crippen LogP contribution is 2.53. The molecule has 1 heteroatoms. The van der Waals surface area contributed by atoms with Crippen LogP contribution in [-0.2, 0) is 0 Å². The van der Waals surface area contributed by atoms with Crippen molar-refractivity contribution in [3.8, 4) is 11.3 Å². The van der Waals surface area contributed by atoms with Gasteiger partial charge in [-0.1, -0.05) is 49.1 Å². The minimum atomic E-state index is 0.763. The second kappa shape index (κ2) is 6.97. The summed E-state index contributed by atoms with van der Waals surface area (Å²) in [6, 6.07) is 16.6. The Balaban J connectivity index is 1.41. The second-order valence-electron chi connectivity index (χ2n) is 10.0. The number of fused-ring (bicyclic) bond motifs is 3. The normalized spacial score (nSPS) is 26.6. The molecule has 3 aliphatic carbocycles. The zero-order valence-electron chi connectivity index (χ0n) is 17.5. The van der Waals surface area contributed by atoms with E-state index in [1.54, 1.807) is 5.56 Å². The minimum Gasteiger partial charge on any atom is -0.256 e. The van der Waals surface area contributed by atoms with Crippen LogP contribution < -0.4 is 0 Å². The zero-order chi connectivity index (χ0) is 19.4. The van der Waals surface area contributed by atoms with E-state index in [1.807, 2.05) is 6.20 Å². The molecule has 0 saturated heterocycles. The molecule has 3 aromatic rings. The summed E-state index contributed by atoms with van der Waals surface area (Å²) in [5.74, 6) is 3.44. The molecule has 0 aliphatic heterocycles. The Kier molecular flexibility index (Phi) is 4.25. The van der Waals surface area contributed by atoms with Crippen molar-refractivity contribution in [3.63, 3.8) is 0 Å². The fraction of sp³-hybridized carbons (Fsp3) is 0.464. The molecule has 0 spiro atoms. The molecule has 1 heterocycles. The van der Waals surface area contributed by atoms with Crippen molar-refractivity contribution in [2.75, 3.05) is 0 Å². The molecule has 3 fully saturated rings. The van der Waals surface area contributed by atoms with Gasteiger partial charge in [-0.25, -0.2) is 0 Å². The first-order valence-electron chi connectivity index (χ1n) is 11.8. The van der Waals surface area contributed by atoms with Crippen molar-refractivity contribution in [1.29, 1.82) is 0 Å². The number of hydrogen-bond acceptors (Lipinski definition) is 1. The van der Waals surface area contributed by atoms with E-state index in [4.69, 9.17) is 4.98 Å². The van der Waals surface area contributed by atoms with Gasteiger partial charge in [0.2, 0.25) is 0 Å². The van der Waals surface area contributed by atoms with E-state index >= 15 is 0 Å². The number of aromatic nitrogens is 1. The first-order valence-corrected chi connectivity index (χ1v) is 11.8. The van der Waals surface area contributed by atoms with Gasteiger partial charge in [-0.15, -0.1) is 0 Å². The van der Waals surface area contributed by atoms with Crippen LogP contribution in [0.2, 0.25) is 0 Å². The third-order valence-electron chi connectivity index (χ3n) is 8.15. The van der Waals surface area contributed by atoms with Crippen LogP contribution in [0.25, 0.3) is 22.0 Å². The Bertz CT molecular complexity index is 1060. The Hall–Kier alpha value is -2.15. The standard InChI is InChI=1S/C28H31N/c1-18-12-24(27-15-19-6-7-22(27)14-19)17-25(13-18)28-26-9-8-21(20-4-2-3-5-20)16-23(26)10-11-29-28/h8-13,16-17,19-20,22,27H,2-7,14-15H2,1H3. The Labute approximate surface area is 174 Å². The van der Waals surface area contributed by atoms with Gasteiger partial charge in [0.05, 0.1) is 5.69 Å². The summed E-state index contributed by atoms with van der Waals surface area (Å²) in [4.78, 5) is 4.86. The second-order valence-corrected chi connectivity index (χ2v) is 10.0. The van der Waals surface area contributed by atoms with E-state index in [9.17, 15) is 0 Å². The summed E-state index contributed by atoms with van der Waals surface area (Å²) in [5.41, 5.74) is 6.94. The van der Waals surface area contributed by atoms with Crippen LogP contribution in [0.15, 0.2) is 48.7 Å². The molecule has 0 N–H and O–H groups in total. The van der Waals surface area contributed by atoms with Crippen molar-refractivity contribution < 1.29 is 0 Å². The number of nitrogens with zero attached hydrogens (tertiary/aromatic N) is 1. The smallest absolute Gasteiger partial charge is 0.0780 e. The Morgan fingerprint density at radius 3 is 2.52 bits per heavy atom. The molecule has 3 aliphatic rings. The van der Waals surface area contributed by atoms with Gasteiger partial charge in [0.15, 0.2) is 0 Å². The lowest BCUT2D eigenvalue weighted by Crippen LogP contribution is -2.08. The number of rotatable bonds is 3. The average Bonchev–Trinajstić information content (AvgIpc) is 3.51. The van der Waals surface area contributed by atoms with E-state index in [-0.39, 0.29) is 0 Å². The molecule has 0 amide bonds. The summed E-state index contributed by atoms with van der Waals surface area (Å²) < 4.78 is 0. The summed E-state index contributed by atoms with van der Waals surface area (Å²) in [6.07, 6.45) is 13.3. The van der Waals surface area contributed by atoms with E-state index in [1.165, 1.54) is 78.8 Å². The van der Waals surface area contributed by atoms with Crippen molar-refractivity contribution >= 4 is 10.8 Å². The van der Waals surface area contributed by atoms with Crippen LogP contribution in [0, 0.1) is 18.8 Å².